The summed E-state index contributed by atoms with van der Waals surface area (Å²) in [6, 6.07) is 15.6. The third kappa shape index (κ3) is 6.62. The maximum absolute atomic E-state index is 6.20. The van der Waals surface area contributed by atoms with Crippen molar-refractivity contribution in [3.05, 3.63) is 64.7 Å². The summed E-state index contributed by atoms with van der Waals surface area (Å²) in [5, 5.41) is 3.48. The lowest BCUT2D eigenvalue weighted by atomic mass is 9.88. The molecule has 0 saturated carbocycles. The van der Waals surface area contributed by atoms with Crippen molar-refractivity contribution >= 4 is 24.8 Å². The highest BCUT2D eigenvalue weighted by molar-refractivity contribution is 5.85. The molecule has 0 spiro atoms. The molecule has 1 aliphatic rings. The Morgan fingerprint density at radius 1 is 1.00 bits per heavy atom. The second-order valence-electron chi connectivity index (χ2n) is 7.87. The molecule has 0 bridgehead atoms. The summed E-state index contributed by atoms with van der Waals surface area (Å²) in [5.74, 6) is 1.67. The predicted octanol–water partition coefficient (Wildman–Crippen LogP) is 5.72. The van der Waals surface area contributed by atoms with Gasteiger partial charge >= 0.3 is 0 Å². The second-order valence-corrected chi connectivity index (χ2v) is 7.87. The minimum atomic E-state index is 0. The Bertz CT molecular complexity index is 710. The molecule has 1 saturated heterocycles. The van der Waals surface area contributed by atoms with Crippen molar-refractivity contribution in [1.29, 1.82) is 0 Å². The Balaban J connectivity index is 0.00000210. The monoisotopic (exact) mass is 438 g/mol. The van der Waals surface area contributed by atoms with Crippen molar-refractivity contribution in [1.82, 2.24) is 10.2 Å². The number of nitrogens with zero attached hydrogens (tertiary/aromatic N) is 1. The molecule has 2 atom stereocenters. The van der Waals surface area contributed by atoms with Crippen molar-refractivity contribution in [3.8, 4) is 5.75 Å². The maximum atomic E-state index is 6.20. The Morgan fingerprint density at radius 3 is 2.14 bits per heavy atom. The van der Waals surface area contributed by atoms with E-state index in [0.29, 0.717) is 18.6 Å². The van der Waals surface area contributed by atoms with E-state index in [1.807, 2.05) is 6.07 Å². The minimum absolute atomic E-state index is 0. The van der Waals surface area contributed by atoms with Gasteiger partial charge in [-0.3, -0.25) is 4.90 Å². The van der Waals surface area contributed by atoms with Crippen molar-refractivity contribution in [3.63, 3.8) is 0 Å². The molecule has 5 heteroatoms. The van der Waals surface area contributed by atoms with Crippen molar-refractivity contribution in [2.45, 2.75) is 46.8 Å². The summed E-state index contributed by atoms with van der Waals surface area (Å²) in [6.07, 6.45) is 1.19. The van der Waals surface area contributed by atoms with Crippen LogP contribution in [-0.4, -0.2) is 31.1 Å². The third-order valence-electron chi connectivity index (χ3n) is 5.78. The summed E-state index contributed by atoms with van der Waals surface area (Å²) in [4.78, 5) is 2.66. The molecule has 0 amide bonds. The van der Waals surface area contributed by atoms with E-state index in [9.17, 15) is 0 Å². The van der Waals surface area contributed by atoms with Gasteiger partial charge in [-0.2, -0.15) is 0 Å². The summed E-state index contributed by atoms with van der Waals surface area (Å²) < 4.78 is 6.20. The zero-order valence-corrected chi connectivity index (χ0v) is 19.7. The van der Waals surface area contributed by atoms with Crippen LogP contribution in [0.15, 0.2) is 42.5 Å². The molecular formula is C24H36Cl2N2O. The van der Waals surface area contributed by atoms with Gasteiger partial charge in [0.2, 0.25) is 0 Å². The van der Waals surface area contributed by atoms with Crippen molar-refractivity contribution in [2.24, 2.45) is 5.92 Å². The largest absolute Gasteiger partial charge is 0.488 e. The lowest BCUT2D eigenvalue weighted by molar-refractivity contribution is 0.128. The average molecular weight is 439 g/mol. The van der Waals surface area contributed by atoms with Crippen LogP contribution in [0.25, 0.3) is 0 Å². The summed E-state index contributed by atoms with van der Waals surface area (Å²) in [5.41, 5.74) is 5.13. The number of ether oxygens (including phenoxy) is 1. The summed E-state index contributed by atoms with van der Waals surface area (Å²) in [7, 11) is 0. The van der Waals surface area contributed by atoms with Crippen molar-refractivity contribution < 1.29 is 4.74 Å². The van der Waals surface area contributed by atoms with Gasteiger partial charge in [0.25, 0.3) is 0 Å². The fourth-order valence-corrected chi connectivity index (χ4v) is 4.19. The zero-order valence-electron chi connectivity index (χ0n) is 18.1. The standard InChI is InChI=1S/C24H34N2O.2ClH/c1-5-18(2)23(26-13-11-25-12-14-26)22-15-19(3)24(20(4)16-22)27-17-21-9-7-6-8-10-21;;/h6-10,15-16,18,23,25H,5,11-14,17H2,1-4H3;2*1H/t18?,23-;;/m0../s1. The van der Waals surface area contributed by atoms with E-state index in [-0.39, 0.29) is 24.8 Å². The zero-order chi connectivity index (χ0) is 19.2. The van der Waals surface area contributed by atoms with Gasteiger partial charge in [-0.1, -0.05) is 62.7 Å². The fraction of sp³-hybridized carbons (Fsp3) is 0.500. The highest BCUT2D eigenvalue weighted by Gasteiger charge is 2.27. The predicted molar refractivity (Wildman–Crippen MR) is 128 cm³/mol. The van der Waals surface area contributed by atoms with Crippen LogP contribution in [0.2, 0.25) is 0 Å². The number of benzene rings is 2. The average Bonchev–Trinajstić information content (AvgIpc) is 2.69. The highest BCUT2D eigenvalue weighted by Crippen LogP contribution is 2.35. The van der Waals surface area contributed by atoms with Crippen LogP contribution in [0.3, 0.4) is 0 Å². The molecule has 1 aliphatic heterocycles. The minimum Gasteiger partial charge on any atom is -0.488 e. The van der Waals surface area contributed by atoms with E-state index >= 15 is 0 Å². The molecule has 1 N–H and O–H groups in total. The fourth-order valence-electron chi connectivity index (χ4n) is 4.19. The van der Waals surface area contributed by atoms with Crippen LogP contribution in [-0.2, 0) is 6.61 Å². The van der Waals surface area contributed by atoms with Crippen LogP contribution in [0.5, 0.6) is 5.75 Å². The number of halogens is 2. The van der Waals surface area contributed by atoms with Gasteiger partial charge in [0, 0.05) is 32.2 Å². The Hall–Kier alpha value is -1.26. The van der Waals surface area contributed by atoms with Gasteiger partial charge < -0.3 is 10.1 Å². The second kappa shape index (κ2) is 12.4. The molecule has 1 unspecified atom stereocenters. The molecule has 29 heavy (non-hydrogen) atoms. The van der Waals surface area contributed by atoms with Gasteiger partial charge in [0.05, 0.1) is 0 Å². The molecule has 2 aromatic rings. The molecular weight excluding hydrogens is 403 g/mol. The highest BCUT2D eigenvalue weighted by atomic mass is 35.5. The van der Waals surface area contributed by atoms with E-state index in [1.54, 1.807) is 0 Å². The first-order valence-electron chi connectivity index (χ1n) is 10.3. The van der Waals surface area contributed by atoms with Crippen LogP contribution in [0.1, 0.15) is 48.6 Å². The number of piperazine rings is 1. The van der Waals surface area contributed by atoms with E-state index in [0.717, 1.165) is 31.9 Å². The van der Waals surface area contributed by atoms with Crippen LogP contribution >= 0.6 is 24.8 Å². The molecule has 0 radical (unpaired) electrons. The SMILES string of the molecule is CCC(C)[C@@H](c1cc(C)c(OCc2ccccc2)c(C)c1)N1CCNCC1.Cl.Cl. The van der Waals surface area contributed by atoms with Crippen LogP contribution in [0.4, 0.5) is 0 Å². The molecule has 162 valence electrons. The Morgan fingerprint density at radius 2 is 1.59 bits per heavy atom. The van der Waals surface area contributed by atoms with Crippen molar-refractivity contribution in [2.75, 3.05) is 26.2 Å². The first kappa shape index (κ1) is 25.8. The third-order valence-corrected chi connectivity index (χ3v) is 5.78. The molecule has 3 nitrogen and oxygen atoms in total. The number of nitrogens with one attached hydrogen (secondary N) is 1. The number of hydrogen-bond acceptors (Lipinski definition) is 3. The molecule has 2 aromatic carbocycles. The normalized spacial score (nSPS) is 16.3. The summed E-state index contributed by atoms with van der Waals surface area (Å²) in [6.45, 7) is 14.1. The van der Waals surface area contributed by atoms with Gasteiger partial charge in [-0.05, 0) is 42.0 Å². The molecule has 3 rings (SSSR count). The van der Waals surface area contributed by atoms with Gasteiger partial charge in [-0.15, -0.1) is 24.8 Å². The summed E-state index contributed by atoms with van der Waals surface area (Å²) >= 11 is 0. The van der Waals surface area contributed by atoms with E-state index in [2.05, 4.69) is 74.3 Å². The Labute approximate surface area is 189 Å². The quantitative estimate of drug-likeness (QED) is 0.597. The van der Waals surface area contributed by atoms with Crippen LogP contribution < -0.4 is 10.1 Å². The first-order chi connectivity index (χ1) is 13.1. The van der Waals surface area contributed by atoms with Gasteiger partial charge in [0.15, 0.2) is 0 Å². The lowest BCUT2D eigenvalue weighted by Gasteiger charge is -2.39. The number of hydrogen-bond donors (Lipinski definition) is 1. The van der Waals surface area contributed by atoms with Gasteiger partial charge in [0.1, 0.15) is 12.4 Å². The topological polar surface area (TPSA) is 24.5 Å². The number of rotatable bonds is 7. The van der Waals surface area contributed by atoms with E-state index in [1.165, 1.54) is 28.7 Å². The maximum Gasteiger partial charge on any atom is 0.125 e. The molecule has 0 aromatic heterocycles. The van der Waals surface area contributed by atoms with E-state index < -0.39 is 0 Å². The molecule has 0 aliphatic carbocycles. The number of aryl methyl sites for hydroxylation is 2. The lowest BCUT2D eigenvalue weighted by Crippen LogP contribution is -2.46. The smallest absolute Gasteiger partial charge is 0.125 e. The molecule has 1 fully saturated rings. The van der Waals surface area contributed by atoms with Gasteiger partial charge in [-0.25, -0.2) is 0 Å². The molecule has 1 heterocycles. The van der Waals surface area contributed by atoms with E-state index in [4.69, 9.17) is 4.74 Å². The van der Waals surface area contributed by atoms with Crippen LogP contribution in [0, 0.1) is 19.8 Å². The first-order valence-corrected chi connectivity index (χ1v) is 10.3. The Kier molecular flexibility index (Phi) is 11.1.